The lowest BCUT2D eigenvalue weighted by Gasteiger charge is -2.20. The van der Waals surface area contributed by atoms with Crippen molar-refractivity contribution in [3.05, 3.63) is 146 Å². The lowest BCUT2D eigenvalue weighted by atomic mass is 9.80. The van der Waals surface area contributed by atoms with Crippen LogP contribution in [-0.2, 0) is 41.3 Å². The molecule has 0 saturated heterocycles. The van der Waals surface area contributed by atoms with E-state index in [1.165, 1.54) is 27.6 Å². The number of rotatable bonds is 22. The number of Topliss-reactive ketones (excluding diaryl/α,β-unsaturated/α-hetero) is 2. The minimum atomic E-state index is -1.97. The molecule has 0 aliphatic heterocycles. The zero-order chi connectivity index (χ0) is 63.4. The molecule has 8 rings (SSSR count). The highest BCUT2D eigenvalue weighted by atomic mass is 127. The first kappa shape index (κ1) is 68.4. The average molecular weight is 1330 g/mol. The monoisotopic (exact) mass is 1330 g/mol. The van der Waals surface area contributed by atoms with Gasteiger partial charge in [0.25, 0.3) is 0 Å². The summed E-state index contributed by atoms with van der Waals surface area (Å²) in [6, 6.07) is 11.8. The van der Waals surface area contributed by atoms with Crippen LogP contribution in [0.4, 0.5) is 0 Å². The minimum absolute atomic E-state index is 0.00288. The van der Waals surface area contributed by atoms with Gasteiger partial charge in [-0.2, -0.15) is 0 Å². The summed E-state index contributed by atoms with van der Waals surface area (Å²) in [6.07, 6.45) is 6.94. The summed E-state index contributed by atoms with van der Waals surface area (Å²) in [5, 5.41) is 18.8. The van der Waals surface area contributed by atoms with Crippen molar-refractivity contribution in [2.75, 3.05) is 68.8 Å². The first-order chi connectivity index (χ1) is 40.7. The number of hydrogen-bond donors (Lipinski definition) is 2. The Balaban J connectivity index is 0.000000224. The standard InChI is InChI=1S/C31H36O9Si.C17H23BO6Si.C14H15IO5/c1-18-12-26-28(27(19(18)2)31(34)37-10-11-41(5,6)7)30(33)23(15-38-26)21-9-8-20-13-24(39-16-35-3)25(40-17-36-4)14-22(20)29(21)32;1-10-8-13-15(16(19)12(9-24-13)18(21)22)14(11(10)2)17(20)23-6-7-25(3,4)5;1-17-7-19-12-5-9-3-4-11(15)14(16)10(9)6-13(12)20-8-18-2/h9,12-15H,8,10-11,16-17H2,1-7H3;8-9,21-22H,6-7H2,1-5H3;4-6H,3,7-8H2,1-2H3. The van der Waals surface area contributed by atoms with E-state index >= 15 is 0 Å². The molecule has 86 heavy (non-hydrogen) atoms. The predicted octanol–water partition coefficient (Wildman–Crippen LogP) is 9.99. The van der Waals surface area contributed by atoms with E-state index in [-0.39, 0.29) is 102 Å². The van der Waals surface area contributed by atoms with E-state index in [1.807, 2.05) is 48.6 Å². The quantitative estimate of drug-likeness (QED) is 0.0277. The molecular weight excluding hydrogens is 1260 g/mol. The van der Waals surface area contributed by atoms with Crippen LogP contribution >= 0.6 is 22.6 Å². The molecule has 460 valence electrons. The normalized spacial score (nSPS) is 12.8. The molecule has 0 bridgehead atoms. The maximum absolute atomic E-state index is 14.0. The maximum Gasteiger partial charge on any atom is 0.495 e. The van der Waals surface area contributed by atoms with Gasteiger partial charge in [-0.3, -0.25) is 19.2 Å². The summed E-state index contributed by atoms with van der Waals surface area (Å²) in [6.45, 7) is 21.0. The number of hydrogen-bond acceptors (Lipinski definition) is 20. The van der Waals surface area contributed by atoms with Crippen molar-refractivity contribution in [3.63, 3.8) is 0 Å². The molecule has 0 fully saturated rings. The predicted molar refractivity (Wildman–Crippen MR) is 340 cm³/mol. The highest BCUT2D eigenvalue weighted by molar-refractivity contribution is 14.1. The number of aryl methyl sites for hydroxylation is 2. The second kappa shape index (κ2) is 30.2. The summed E-state index contributed by atoms with van der Waals surface area (Å²) in [5.41, 5.74) is 5.09. The molecule has 0 radical (unpaired) electrons. The van der Waals surface area contributed by atoms with E-state index in [0.717, 1.165) is 38.6 Å². The van der Waals surface area contributed by atoms with Gasteiger partial charge >= 0.3 is 19.1 Å². The number of esters is 2. The molecule has 2 aliphatic rings. The van der Waals surface area contributed by atoms with Gasteiger partial charge in [-0.15, -0.1) is 0 Å². The second-order valence-corrected chi connectivity index (χ2v) is 35.2. The van der Waals surface area contributed by atoms with E-state index in [4.69, 9.17) is 56.2 Å². The fourth-order valence-electron chi connectivity index (χ4n) is 8.97. The number of benzene rings is 4. The third-order valence-electron chi connectivity index (χ3n) is 14.0. The zero-order valence-corrected chi connectivity index (χ0v) is 55.2. The van der Waals surface area contributed by atoms with E-state index < -0.39 is 46.1 Å². The summed E-state index contributed by atoms with van der Waals surface area (Å²) in [7, 11) is 1.29. The van der Waals surface area contributed by atoms with Crippen molar-refractivity contribution in [2.45, 2.75) is 91.9 Å². The molecule has 24 heteroatoms. The van der Waals surface area contributed by atoms with Gasteiger partial charge in [0.2, 0.25) is 5.43 Å². The van der Waals surface area contributed by atoms with Gasteiger partial charge in [-0.25, -0.2) is 9.59 Å². The van der Waals surface area contributed by atoms with Gasteiger partial charge in [-0.05, 0) is 145 Å². The number of carbonyl (C=O) groups excluding carboxylic acids is 4. The number of methoxy groups -OCH3 is 4. The van der Waals surface area contributed by atoms with Crippen LogP contribution in [0.2, 0.25) is 51.4 Å². The van der Waals surface area contributed by atoms with Gasteiger partial charge in [0.15, 0.2) is 67.2 Å². The Kier molecular flexibility index (Phi) is 24.0. The van der Waals surface area contributed by atoms with Crippen LogP contribution in [0.15, 0.2) is 83.1 Å². The maximum atomic E-state index is 14.0. The van der Waals surface area contributed by atoms with Crippen molar-refractivity contribution in [2.24, 2.45) is 0 Å². The molecule has 2 N–H and O–H groups in total. The third kappa shape index (κ3) is 16.9. The second-order valence-electron chi connectivity index (χ2n) is 22.8. The Bertz CT molecular complexity index is 3700. The zero-order valence-electron chi connectivity index (χ0n) is 51.0. The fraction of sp³-hybridized carbons (Fsp3) is 0.387. The highest BCUT2D eigenvalue weighted by Gasteiger charge is 2.31. The molecule has 0 spiro atoms. The number of allylic oxidation sites excluding steroid dienone is 4. The van der Waals surface area contributed by atoms with E-state index in [1.54, 1.807) is 57.4 Å². The Morgan fingerprint density at radius 2 is 0.942 bits per heavy atom. The molecule has 0 unspecified atom stereocenters. The summed E-state index contributed by atoms with van der Waals surface area (Å²) in [5.74, 6) is 0.188. The molecule has 0 amide bonds. The summed E-state index contributed by atoms with van der Waals surface area (Å²) < 4.78 is 65.0. The molecule has 2 heterocycles. The molecule has 2 aromatic heterocycles. The molecule has 0 saturated carbocycles. The van der Waals surface area contributed by atoms with E-state index in [2.05, 4.69) is 39.3 Å². The number of halogens is 1. The van der Waals surface area contributed by atoms with E-state index in [9.17, 15) is 38.8 Å². The summed E-state index contributed by atoms with van der Waals surface area (Å²) >= 11 is 2.05. The van der Waals surface area contributed by atoms with Crippen molar-refractivity contribution in [3.8, 4) is 23.0 Å². The van der Waals surface area contributed by atoms with Gasteiger partial charge in [0.05, 0.1) is 56.0 Å². The van der Waals surface area contributed by atoms with Gasteiger partial charge in [-0.1, -0.05) is 51.4 Å². The third-order valence-corrected chi connectivity index (χ3v) is 18.3. The van der Waals surface area contributed by atoms with E-state index in [0.29, 0.717) is 63.7 Å². The highest BCUT2D eigenvalue weighted by Crippen LogP contribution is 2.38. The Hall–Kier alpha value is -6.75. The topological polar surface area (TPSA) is 261 Å². The van der Waals surface area contributed by atoms with Gasteiger partial charge in [0, 0.05) is 61.3 Å². The number of ketones is 2. The van der Waals surface area contributed by atoms with Crippen LogP contribution in [0, 0.1) is 27.7 Å². The average Bonchev–Trinajstić information content (AvgIpc) is 1.14. The smallest absolute Gasteiger partial charge is 0.464 e. The molecule has 4 aromatic carbocycles. The van der Waals surface area contributed by atoms with Crippen LogP contribution in [0.25, 0.3) is 27.5 Å². The number of ether oxygens (including phenoxy) is 10. The lowest BCUT2D eigenvalue weighted by molar-refractivity contribution is 0.0321. The van der Waals surface area contributed by atoms with Crippen LogP contribution in [0.1, 0.15) is 80.4 Å². The number of carbonyl (C=O) groups is 4. The van der Waals surface area contributed by atoms with Gasteiger partial charge < -0.3 is 66.3 Å². The van der Waals surface area contributed by atoms with Crippen LogP contribution in [0.5, 0.6) is 23.0 Å². The lowest BCUT2D eigenvalue weighted by Crippen LogP contribution is -2.41. The van der Waals surface area contributed by atoms with Crippen molar-refractivity contribution >= 4 is 102 Å². The largest absolute Gasteiger partial charge is 0.495 e. The Labute approximate surface area is 514 Å². The van der Waals surface area contributed by atoms with Crippen molar-refractivity contribution in [1.29, 1.82) is 0 Å². The summed E-state index contributed by atoms with van der Waals surface area (Å²) in [4.78, 5) is 78.4. The first-order valence-corrected chi connectivity index (χ1v) is 35.9. The Morgan fingerprint density at radius 3 is 1.36 bits per heavy atom. The molecule has 20 nitrogen and oxygen atoms in total. The molecule has 0 atom stereocenters. The minimum Gasteiger partial charge on any atom is -0.464 e. The van der Waals surface area contributed by atoms with Crippen molar-refractivity contribution < 1.29 is 85.4 Å². The van der Waals surface area contributed by atoms with Crippen LogP contribution in [0.3, 0.4) is 0 Å². The van der Waals surface area contributed by atoms with Crippen molar-refractivity contribution in [1.82, 2.24) is 0 Å². The SMILES string of the molecule is COCOc1cc2c(cc1OCOC)C(=O)C(I)=CC2.COCOc1cc2c(cc1OCOC)C(=O)C(c1coc3cc(C)c(C)c(C(=O)OCC[Si](C)(C)C)c3c1=O)=CC2.Cc1cc2occ(B(O)O)c(=O)c2c(C(=O)OCC[Si](C)(C)C)c1C. The Morgan fingerprint density at radius 1 is 0.547 bits per heavy atom. The fourth-order valence-corrected chi connectivity index (χ4v) is 10.9. The first-order valence-electron chi connectivity index (χ1n) is 27.4. The molecule has 6 aromatic rings. The van der Waals surface area contributed by atoms with Crippen LogP contribution in [-0.4, -0.2) is 126 Å². The number of fused-ring (bicyclic) bond motifs is 4. The molecular formula is C62H74BIO20Si2. The van der Waals surface area contributed by atoms with Gasteiger partial charge in [0.1, 0.15) is 17.4 Å². The van der Waals surface area contributed by atoms with Crippen LogP contribution < -0.4 is 35.3 Å². The molecule has 2 aliphatic carbocycles.